The third-order valence-corrected chi connectivity index (χ3v) is 3.25. The van der Waals surface area contributed by atoms with Gasteiger partial charge < -0.3 is 14.8 Å². The molecular weight excluding hydrogens is 202 g/mol. The molecule has 16 heavy (non-hydrogen) atoms. The van der Waals surface area contributed by atoms with Crippen LogP contribution in [0.25, 0.3) is 0 Å². The Bertz CT molecular complexity index is 370. The summed E-state index contributed by atoms with van der Waals surface area (Å²) in [5.41, 5.74) is 2.33. The molecule has 0 spiro atoms. The van der Waals surface area contributed by atoms with E-state index in [1.165, 1.54) is 18.4 Å². The van der Waals surface area contributed by atoms with Crippen LogP contribution in [0.5, 0.6) is 11.5 Å². The lowest BCUT2D eigenvalue weighted by molar-refractivity contribution is 0.381. The van der Waals surface area contributed by atoms with E-state index >= 15 is 0 Å². The molecule has 1 aromatic rings. The molecule has 1 aliphatic heterocycles. The number of benzene rings is 1. The minimum absolute atomic E-state index is 0.430. The summed E-state index contributed by atoms with van der Waals surface area (Å²) in [6.07, 6.45) is 2.42. The summed E-state index contributed by atoms with van der Waals surface area (Å²) in [6, 6.07) is 4.56. The summed E-state index contributed by atoms with van der Waals surface area (Å²) >= 11 is 0. The fraction of sp³-hybridized carbons (Fsp3) is 0.538. The fourth-order valence-corrected chi connectivity index (χ4v) is 2.41. The third kappa shape index (κ3) is 1.87. The van der Waals surface area contributed by atoms with E-state index in [2.05, 4.69) is 11.4 Å². The SMILES string of the molecule is COc1ccc(C2CCCN2)c(OC)c1C. The second-order valence-electron chi connectivity index (χ2n) is 4.16. The van der Waals surface area contributed by atoms with Crippen LogP contribution in [0.1, 0.15) is 30.0 Å². The van der Waals surface area contributed by atoms with Crippen LogP contribution in [-0.4, -0.2) is 20.8 Å². The highest BCUT2D eigenvalue weighted by Gasteiger charge is 2.22. The molecule has 0 aromatic heterocycles. The Hall–Kier alpha value is -1.22. The quantitative estimate of drug-likeness (QED) is 0.850. The van der Waals surface area contributed by atoms with Gasteiger partial charge in [-0.2, -0.15) is 0 Å². The van der Waals surface area contributed by atoms with Crippen molar-refractivity contribution in [3.63, 3.8) is 0 Å². The zero-order chi connectivity index (χ0) is 11.5. The molecule has 3 heteroatoms. The normalized spacial score (nSPS) is 19.8. The second kappa shape index (κ2) is 4.74. The lowest BCUT2D eigenvalue weighted by atomic mass is 10.0. The van der Waals surface area contributed by atoms with Crippen LogP contribution in [0, 0.1) is 6.92 Å². The maximum atomic E-state index is 5.51. The first-order valence-corrected chi connectivity index (χ1v) is 5.72. The fourth-order valence-electron chi connectivity index (χ4n) is 2.41. The molecule has 1 heterocycles. The molecule has 2 rings (SSSR count). The molecule has 0 aliphatic carbocycles. The predicted octanol–water partition coefficient (Wildman–Crippen LogP) is 2.44. The average molecular weight is 221 g/mol. The van der Waals surface area contributed by atoms with Gasteiger partial charge in [-0.1, -0.05) is 6.07 Å². The van der Waals surface area contributed by atoms with Gasteiger partial charge in [0.15, 0.2) is 0 Å². The van der Waals surface area contributed by atoms with Gasteiger partial charge in [-0.05, 0) is 32.4 Å². The van der Waals surface area contributed by atoms with E-state index in [0.717, 1.165) is 23.6 Å². The van der Waals surface area contributed by atoms with Crippen LogP contribution in [0.4, 0.5) is 0 Å². The van der Waals surface area contributed by atoms with E-state index in [4.69, 9.17) is 9.47 Å². The van der Waals surface area contributed by atoms with Crippen LogP contribution in [0.15, 0.2) is 12.1 Å². The van der Waals surface area contributed by atoms with Crippen molar-refractivity contribution in [3.8, 4) is 11.5 Å². The largest absolute Gasteiger partial charge is 0.496 e. The topological polar surface area (TPSA) is 30.5 Å². The Morgan fingerprint density at radius 1 is 1.25 bits per heavy atom. The lowest BCUT2D eigenvalue weighted by Crippen LogP contribution is -2.14. The van der Waals surface area contributed by atoms with Crippen molar-refractivity contribution in [3.05, 3.63) is 23.3 Å². The van der Waals surface area contributed by atoms with Crippen molar-refractivity contribution in [2.75, 3.05) is 20.8 Å². The number of ether oxygens (including phenoxy) is 2. The van der Waals surface area contributed by atoms with Gasteiger partial charge in [-0.25, -0.2) is 0 Å². The van der Waals surface area contributed by atoms with Crippen molar-refractivity contribution in [1.29, 1.82) is 0 Å². The number of nitrogens with one attached hydrogen (secondary N) is 1. The lowest BCUT2D eigenvalue weighted by Gasteiger charge is -2.18. The molecule has 0 bridgehead atoms. The summed E-state index contributed by atoms with van der Waals surface area (Å²) < 4.78 is 10.8. The third-order valence-electron chi connectivity index (χ3n) is 3.25. The maximum absolute atomic E-state index is 5.51. The molecule has 1 aliphatic rings. The average Bonchev–Trinajstić information content (AvgIpc) is 2.82. The highest BCUT2D eigenvalue weighted by atomic mass is 16.5. The van der Waals surface area contributed by atoms with E-state index in [-0.39, 0.29) is 0 Å². The van der Waals surface area contributed by atoms with Crippen molar-refractivity contribution in [1.82, 2.24) is 5.32 Å². The molecule has 1 saturated heterocycles. The van der Waals surface area contributed by atoms with Crippen molar-refractivity contribution >= 4 is 0 Å². The Balaban J connectivity index is 2.40. The number of methoxy groups -OCH3 is 2. The minimum atomic E-state index is 0.430. The maximum Gasteiger partial charge on any atom is 0.130 e. The molecule has 0 amide bonds. The summed E-state index contributed by atoms with van der Waals surface area (Å²) in [7, 11) is 3.41. The number of rotatable bonds is 3. The first-order chi connectivity index (χ1) is 7.77. The van der Waals surface area contributed by atoms with Gasteiger partial charge in [0, 0.05) is 17.2 Å². The summed E-state index contributed by atoms with van der Waals surface area (Å²) in [5, 5.41) is 3.49. The molecule has 1 N–H and O–H groups in total. The second-order valence-corrected chi connectivity index (χ2v) is 4.16. The van der Waals surface area contributed by atoms with Crippen LogP contribution in [0.2, 0.25) is 0 Å². The Morgan fingerprint density at radius 2 is 2.06 bits per heavy atom. The number of hydrogen-bond donors (Lipinski definition) is 1. The standard InChI is InChI=1S/C13H19NO2/c1-9-12(15-2)7-6-10(13(9)16-3)11-5-4-8-14-11/h6-7,11,14H,4-5,8H2,1-3H3. The van der Waals surface area contributed by atoms with Crippen LogP contribution in [-0.2, 0) is 0 Å². The van der Waals surface area contributed by atoms with E-state index < -0.39 is 0 Å². The monoisotopic (exact) mass is 221 g/mol. The van der Waals surface area contributed by atoms with E-state index in [1.807, 2.05) is 13.0 Å². The van der Waals surface area contributed by atoms with Crippen LogP contribution in [0.3, 0.4) is 0 Å². The molecule has 0 radical (unpaired) electrons. The zero-order valence-corrected chi connectivity index (χ0v) is 10.2. The molecule has 1 atom stereocenters. The molecule has 1 unspecified atom stereocenters. The van der Waals surface area contributed by atoms with Gasteiger partial charge in [-0.3, -0.25) is 0 Å². The first-order valence-electron chi connectivity index (χ1n) is 5.72. The Morgan fingerprint density at radius 3 is 2.62 bits per heavy atom. The van der Waals surface area contributed by atoms with Gasteiger partial charge in [0.05, 0.1) is 14.2 Å². The molecule has 3 nitrogen and oxygen atoms in total. The molecule has 1 fully saturated rings. The van der Waals surface area contributed by atoms with Gasteiger partial charge in [-0.15, -0.1) is 0 Å². The van der Waals surface area contributed by atoms with Crippen LogP contribution < -0.4 is 14.8 Å². The molecule has 0 saturated carbocycles. The Labute approximate surface area is 96.8 Å². The van der Waals surface area contributed by atoms with E-state index in [1.54, 1.807) is 14.2 Å². The smallest absolute Gasteiger partial charge is 0.130 e. The van der Waals surface area contributed by atoms with Crippen molar-refractivity contribution in [2.24, 2.45) is 0 Å². The van der Waals surface area contributed by atoms with E-state index in [0.29, 0.717) is 6.04 Å². The van der Waals surface area contributed by atoms with Gasteiger partial charge >= 0.3 is 0 Å². The Kier molecular flexibility index (Phi) is 3.34. The highest BCUT2D eigenvalue weighted by Crippen LogP contribution is 2.37. The van der Waals surface area contributed by atoms with Gasteiger partial charge in [0.1, 0.15) is 11.5 Å². The molecule has 88 valence electrons. The minimum Gasteiger partial charge on any atom is -0.496 e. The van der Waals surface area contributed by atoms with Gasteiger partial charge in [0.2, 0.25) is 0 Å². The predicted molar refractivity (Wildman–Crippen MR) is 64.3 cm³/mol. The number of hydrogen-bond acceptors (Lipinski definition) is 3. The van der Waals surface area contributed by atoms with E-state index in [9.17, 15) is 0 Å². The first kappa shape index (κ1) is 11.3. The van der Waals surface area contributed by atoms with Crippen molar-refractivity contribution < 1.29 is 9.47 Å². The summed E-state index contributed by atoms with van der Waals surface area (Å²) in [4.78, 5) is 0. The van der Waals surface area contributed by atoms with Crippen molar-refractivity contribution in [2.45, 2.75) is 25.8 Å². The molecule has 1 aromatic carbocycles. The van der Waals surface area contributed by atoms with Gasteiger partial charge in [0.25, 0.3) is 0 Å². The summed E-state index contributed by atoms with van der Waals surface area (Å²) in [5.74, 6) is 1.84. The zero-order valence-electron chi connectivity index (χ0n) is 10.2. The highest BCUT2D eigenvalue weighted by molar-refractivity contribution is 5.50. The van der Waals surface area contributed by atoms with Crippen LogP contribution >= 0.6 is 0 Å². The summed E-state index contributed by atoms with van der Waals surface area (Å²) in [6.45, 7) is 3.13. The molecular formula is C13H19NO2.